The van der Waals surface area contributed by atoms with Crippen molar-refractivity contribution in [1.82, 2.24) is 14.3 Å². The number of benzene rings is 1. The number of aromatic nitrogens is 2. The van der Waals surface area contributed by atoms with Crippen molar-refractivity contribution in [3.05, 3.63) is 74.8 Å². The summed E-state index contributed by atoms with van der Waals surface area (Å²) in [5.41, 5.74) is 0.974. The van der Waals surface area contributed by atoms with Gasteiger partial charge in [0.05, 0.1) is 4.91 Å². The lowest BCUT2D eigenvalue weighted by molar-refractivity contribution is -0.122. The van der Waals surface area contributed by atoms with Crippen LogP contribution in [0, 0.1) is 18.7 Å². The lowest BCUT2D eigenvalue weighted by atomic mass is 9.99. The first-order valence-electron chi connectivity index (χ1n) is 12.0. The Morgan fingerprint density at radius 3 is 2.64 bits per heavy atom. The van der Waals surface area contributed by atoms with E-state index in [1.165, 1.54) is 46.5 Å². The molecule has 0 radical (unpaired) electrons. The first-order valence-corrected chi connectivity index (χ1v) is 13.3. The van der Waals surface area contributed by atoms with E-state index >= 15 is 0 Å². The minimum absolute atomic E-state index is 0.0422. The molecule has 1 aliphatic heterocycles. The number of fused-ring (bicyclic) bond motifs is 1. The van der Waals surface area contributed by atoms with Crippen molar-refractivity contribution < 1.29 is 13.9 Å². The highest BCUT2D eigenvalue weighted by Crippen LogP contribution is 2.35. The predicted octanol–water partition coefficient (Wildman–Crippen LogP) is 6.35. The molecule has 2 aromatic heterocycles. The number of thioether (sulfide) groups is 1. The van der Waals surface area contributed by atoms with Crippen molar-refractivity contribution >= 4 is 45.9 Å². The van der Waals surface area contributed by atoms with Crippen LogP contribution in [0.1, 0.15) is 50.7 Å². The molecule has 0 saturated carbocycles. The third kappa shape index (κ3) is 5.52. The van der Waals surface area contributed by atoms with Gasteiger partial charge in [-0.15, -0.1) is 0 Å². The minimum atomic E-state index is -0.405. The molecule has 1 aliphatic rings. The van der Waals surface area contributed by atoms with E-state index < -0.39 is 5.82 Å². The van der Waals surface area contributed by atoms with Gasteiger partial charge in [0.2, 0.25) is 5.88 Å². The summed E-state index contributed by atoms with van der Waals surface area (Å²) in [5, 5.41) is 0. The number of pyridine rings is 1. The van der Waals surface area contributed by atoms with Crippen molar-refractivity contribution in [2.24, 2.45) is 5.92 Å². The van der Waals surface area contributed by atoms with E-state index in [0.717, 1.165) is 31.2 Å². The third-order valence-electron chi connectivity index (χ3n) is 6.21. The number of rotatable bonds is 9. The average Bonchev–Trinajstić information content (AvgIpc) is 3.13. The monoisotopic (exact) mass is 525 g/mol. The summed E-state index contributed by atoms with van der Waals surface area (Å²) >= 11 is 6.70. The average molecular weight is 526 g/mol. The first-order chi connectivity index (χ1) is 17.3. The van der Waals surface area contributed by atoms with Crippen LogP contribution in [-0.2, 0) is 4.79 Å². The number of halogens is 1. The maximum absolute atomic E-state index is 13.5. The van der Waals surface area contributed by atoms with Crippen molar-refractivity contribution in [3.63, 3.8) is 0 Å². The maximum atomic E-state index is 13.5. The first kappa shape index (κ1) is 26.0. The maximum Gasteiger partial charge on any atom is 0.269 e. The fourth-order valence-electron chi connectivity index (χ4n) is 4.07. The van der Waals surface area contributed by atoms with Crippen LogP contribution in [0.2, 0.25) is 0 Å². The number of nitrogens with zero attached hydrogens (tertiary/aromatic N) is 3. The molecular weight excluding hydrogens is 497 g/mol. The van der Waals surface area contributed by atoms with E-state index in [1.54, 1.807) is 17.2 Å². The Hall–Kier alpha value is -3.04. The molecule has 0 aliphatic carbocycles. The Labute approximate surface area is 219 Å². The molecule has 36 heavy (non-hydrogen) atoms. The molecule has 1 aromatic carbocycles. The van der Waals surface area contributed by atoms with Gasteiger partial charge in [-0.3, -0.25) is 18.9 Å². The normalized spacial score (nSPS) is 15.8. The molecule has 0 bridgehead atoms. The second-order valence-corrected chi connectivity index (χ2v) is 10.5. The number of thiocarbonyl (C=S) groups is 1. The molecule has 1 unspecified atom stereocenters. The summed E-state index contributed by atoms with van der Waals surface area (Å²) in [6, 6.07) is 9.06. The highest BCUT2D eigenvalue weighted by molar-refractivity contribution is 8.26. The van der Waals surface area contributed by atoms with E-state index in [2.05, 4.69) is 18.8 Å². The molecule has 6 nitrogen and oxygen atoms in total. The van der Waals surface area contributed by atoms with Gasteiger partial charge in [0.1, 0.15) is 27.1 Å². The molecule has 1 atom stereocenters. The summed E-state index contributed by atoms with van der Waals surface area (Å²) in [4.78, 5) is 33.4. The molecule has 188 valence electrons. The second kappa shape index (κ2) is 11.3. The van der Waals surface area contributed by atoms with Crippen LogP contribution in [0.5, 0.6) is 11.6 Å². The van der Waals surface area contributed by atoms with Crippen molar-refractivity contribution in [2.45, 2.75) is 46.5 Å². The van der Waals surface area contributed by atoms with Gasteiger partial charge in [-0.05, 0) is 61.2 Å². The van der Waals surface area contributed by atoms with E-state index in [0.29, 0.717) is 33.1 Å². The van der Waals surface area contributed by atoms with Gasteiger partial charge in [0, 0.05) is 12.7 Å². The molecular formula is C27H28FN3O3S2. The van der Waals surface area contributed by atoms with Crippen LogP contribution in [-0.4, -0.2) is 31.1 Å². The zero-order valence-electron chi connectivity index (χ0n) is 20.5. The lowest BCUT2D eigenvalue weighted by Gasteiger charge is -2.21. The Kier molecular flexibility index (Phi) is 8.21. The van der Waals surface area contributed by atoms with E-state index in [4.69, 9.17) is 17.0 Å². The molecule has 3 heterocycles. The Morgan fingerprint density at radius 1 is 1.19 bits per heavy atom. The summed E-state index contributed by atoms with van der Waals surface area (Å²) < 4.78 is 21.2. The van der Waals surface area contributed by atoms with Crippen LogP contribution < -0.4 is 10.3 Å². The molecule has 3 aromatic rings. The zero-order valence-corrected chi connectivity index (χ0v) is 22.1. The number of carbonyl (C=O) groups excluding carboxylic acids is 1. The Bertz CT molecular complexity index is 1390. The molecule has 1 saturated heterocycles. The van der Waals surface area contributed by atoms with Crippen LogP contribution in [0.25, 0.3) is 11.7 Å². The van der Waals surface area contributed by atoms with Gasteiger partial charge in [0.15, 0.2) is 0 Å². The Balaban J connectivity index is 1.75. The summed E-state index contributed by atoms with van der Waals surface area (Å²) in [7, 11) is 0. The molecule has 1 fully saturated rings. The highest BCUT2D eigenvalue weighted by atomic mass is 32.2. The zero-order chi connectivity index (χ0) is 25.8. The number of carbonyl (C=O) groups is 1. The van der Waals surface area contributed by atoms with Gasteiger partial charge in [0.25, 0.3) is 11.5 Å². The van der Waals surface area contributed by atoms with Gasteiger partial charge < -0.3 is 4.74 Å². The van der Waals surface area contributed by atoms with E-state index in [-0.39, 0.29) is 22.9 Å². The van der Waals surface area contributed by atoms with Crippen molar-refractivity contribution in [1.29, 1.82) is 0 Å². The highest BCUT2D eigenvalue weighted by Gasteiger charge is 2.34. The second-order valence-electron chi connectivity index (χ2n) is 8.79. The van der Waals surface area contributed by atoms with Gasteiger partial charge in [-0.2, -0.15) is 4.98 Å². The van der Waals surface area contributed by atoms with Crippen molar-refractivity contribution in [2.75, 3.05) is 6.54 Å². The Morgan fingerprint density at radius 2 is 1.94 bits per heavy atom. The number of hydrogen-bond acceptors (Lipinski definition) is 6. The molecule has 4 rings (SSSR count). The summed E-state index contributed by atoms with van der Waals surface area (Å²) in [6.45, 7) is 6.68. The van der Waals surface area contributed by atoms with E-state index in [1.807, 2.05) is 13.0 Å². The largest absolute Gasteiger partial charge is 0.438 e. The molecule has 0 N–H and O–H groups in total. The van der Waals surface area contributed by atoms with Crippen LogP contribution in [0.4, 0.5) is 4.39 Å². The predicted molar refractivity (Wildman–Crippen MR) is 146 cm³/mol. The molecule has 0 spiro atoms. The number of hydrogen-bond donors (Lipinski definition) is 0. The van der Waals surface area contributed by atoms with Crippen LogP contribution in [0.15, 0.2) is 52.3 Å². The van der Waals surface area contributed by atoms with Crippen LogP contribution in [0.3, 0.4) is 0 Å². The van der Waals surface area contributed by atoms with Crippen molar-refractivity contribution in [3.8, 4) is 11.6 Å². The van der Waals surface area contributed by atoms with E-state index in [9.17, 15) is 14.0 Å². The quantitative estimate of drug-likeness (QED) is 0.240. The minimum Gasteiger partial charge on any atom is -0.438 e. The fourth-order valence-corrected chi connectivity index (χ4v) is 5.33. The third-order valence-corrected chi connectivity index (χ3v) is 7.59. The summed E-state index contributed by atoms with van der Waals surface area (Å²) in [6.07, 6.45) is 7.34. The van der Waals surface area contributed by atoms with Gasteiger partial charge in [-0.25, -0.2) is 4.39 Å². The summed E-state index contributed by atoms with van der Waals surface area (Å²) in [5.74, 6) is 0.102. The van der Waals surface area contributed by atoms with Gasteiger partial charge in [-0.1, -0.05) is 63.2 Å². The molecule has 9 heteroatoms. The SMILES string of the molecule is CCCCC(CC)CN1C(=O)/C(=C\c2c(Oc3ccc(F)cc3)nc3c(C)cccn3c2=O)SC1=S. The van der Waals surface area contributed by atoms with Gasteiger partial charge >= 0.3 is 0 Å². The number of aryl methyl sites for hydroxylation is 1. The lowest BCUT2D eigenvalue weighted by Crippen LogP contribution is -2.33. The fraction of sp³-hybridized carbons (Fsp3) is 0.333. The smallest absolute Gasteiger partial charge is 0.269 e. The van der Waals surface area contributed by atoms with Crippen LogP contribution >= 0.6 is 24.0 Å². The number of ether oxygens (including phenoxy) is 1. The number of unbranched alkanes of at least 4 members (excludes halogenated alkanes) is 1. The molecule has 1 amide bonds. The standard InChI is InChI=1S/C27H28FN3O3S2/c1-4-6-9-18(5-2)16-31-26(33)22(36-27(31)35)15-21-24(34-20-12-10-19(28)11-13-20)29-23-17(3)8-7-14-30(23)25(21)32/h7-8,10-15,18H,4-6,9,16H2,1-3H3/b22-15+. The topological polar surface area (TPSA) is 63.9 Å². The number of amides is 1.